The van der Waals surface area contributed by atoms with Crippen molar-refractivity contribution in [2.75, 3.05) is 19.8 Å². The standard InChI is InChI=1S/C12H23NO3/c1-4-13(9(2)7-12(14)15)10(3)11-5-6-16-8-11/h9-11H,4-8H2,1-3H3,(H,14,15). The second-order valence-electron chi connectivity index (χ2n) is 4.64. The molecule has 1 fully saturated rings. The van der Waals surface area contributed by atoms with Crippen LogP contribution in [-0.4, -0.2) is 47.8 Å². The molecule has 0 spiro atoms. The summed E-state index contributed by atoms with van der Waals surface area (Å²) in [4.78, 5) is 13.0. The number of hydrogen-bond donors (Lipinski definition) is 1. The topological polar surface area (TPSA) is 49.8 Å². The van der Waals surface area contributed by atoms with Gasteiger partial charge in [0.15, 0.2) is 0 Å². The molecule has 1 saturated heterocycles. The molecule has 0 saturated carbocycles. The second-order valence-corrected chi connectivity index (χ2v) is 4.64. The molecule has 1 N–H and O–H groups in total. The van der Waals surface area contributed by atoms with E-state index in [1.165, 1.54) is 0 Å². The first-order valence-corrected chi connectivity index (χ1v) is 6.11. The van der Waals surface area contributed by atoms with Gasteiger partial charge in [-0.3, -0.25) is 9.69 Å². The summed E-state index contributed by atoms with van der Waals surface area (Å²) in [6.45, 7) is 8.82. The first-order valence-electron chi connectivity index (χ1n) is 6.11. The largest absolute Gasteiger partial charge is 0.481 e. The Morgan fingerprint density at radius 2 is 2.25 bits per heavy atom. The monoisotopic (exact) mass is 229 g/mol. The fraction of sp³-hybridized carbons (Fsp3) is 0.917. The smallest absolute Gasteiger partial charge is 0.304 e. The molecule has 0 amide bonds. The molecular formula is C12H23NO3. The van der Waals surface area contributed by atoms with E-state index in [0.717, 1.165) is 26.2 Å². The van der Waals surface area contributed by atoms with E-state index in [0.29, 0.717) is 12.0 Å². The number of hydrogen-bond acceptors (Lipinski definition) is 3. The molecule has 0 aromatic carbocycles. The predicted octanol–water partition coefficient (Wildman–Crippen LogP) is 1.60. The van der Waals surface area contributed by atoms with Crippen LogP contribution in [0, 0.1) is 5.92 Å². The first-order chi connectivity index (χ1) is 7.56. The lowest BCUT2D eigenvalue weighted by atomic mass is 9.97. The number of rotatable bonds is 6. The van der Waals surface area contributed by atoms with Gasteiger partial charge in [-0.25, -0.2) is 0 Å². The molecule has 0 bridgehead atoms. The summed E-state index contributed by atoms with van der Waals surface area (Å²) in [5.41, 5.74) is 0. The molecule has 4 heteroatoms. The van der Waals surface area contributed by atoms with Gasteiger partial charge in [-0.05, 0) is 32.7 Å². The molecule has 0 radical (unpaired) electrons. The average molecular weight is 229 g/mol. The Labute approximate surface area is 97.6 Å². The quantitative estimate of drug-likeness (QED) is 0.751. The third-order valence-electron chi connectivity index (χ3n) is 3.57. The Bertz CT molecular complexity index is 226. The van der Waals surface area contributed by atoms with E-state index in [-0.39, 0.29) is 12.5 Å². The van der Waals surface area contributed by atoms with Crippen molar-refractivity contribution in [3.63, 3.8) is 0 Å². The van der Waals surface area contributed by atoms with Gasteiger partial charge >= 0.3 is 5.97 Å². The molecule has 0 aliphatic carbocycles. The summed E-state index contributed by atoms with van der Waals surface area (Å²) in [7, 11) is 0. The molecule has 0 aromatic heterocycles. The van der Waals surface area contributed by atoms with Crippen molar-refractivity contribution in [3.05, 3.63) is 0 Å². The van der Waals surface area contributed by atoms with Crippen molar-refractivity contribution in [3.8, 4) is 0 Å². The number of aliphatic carboxylic acids is 1. The highest BCUT2D eigenvalue weighted by Crippen LogP contribution is 2.23. The summed E-state index contributed by atoms with van der Waals surface area (Å²) in [5.74, 6) is -0.169. The molecule has 1 aliphatic rings. The Morgan fingerprint density at radius 3 is 2.69 bits per heavy atom. The minimum atomic E-state index is -0.721. The van der Waals surface area contributed by atoms with Crippen molar-refractivity contribution in [1.82, 2.24) is 4.90 Å². The summed E-state index contributed by atoms with van der Waals surface area (Å²) in [6, 6.07) is 0.500. The van der Waals surface area contributed by atoms with Crippen LogP contribution < -0.4 is 0 Å². The van der Waals surface area contributed by atoms with E-state index < -0.39 is 5.97 Å². The predicted molar refractivity (Wildman–Crippen MR) is 62.5 cm³/mol. The van der Waals surface area contributed by atoms with Gasteiger partial charge in [0.25, 0.3) is 0 Å². The van der Waals surface area contributed by atoms with Crippen LogP contribution in [0.15, 0.2) is 0 Å². The zero-order valence-electron chi connectivity index (χ0n) is 10.5. The summed E-state index contributed by atoms with van der Waals surface area (Å²) >= 11 is 0. The van der Waals surface area contributed by atoms with Crippen LogP contribution in [0.5, 0.6) is 0 Å². The third-order valence-corrected chi connectivity index (χ3v) is 3.57. The van der Waals surface area contributed by atoms with Crippen molar-refractivity contribution in [2.24, 2.45) is 5.92 Å². The number of nitrogens with zero attached hydrogens (tertiary/aromatic N) is 1. The first kappa shape index (κ1) is 13.5. The van der Waals surface area contributed by atoms with Gasteiger partial charge in [-0.15, -0.1) is 0 Å². The highest BCUT2D eigenvalue weighted by molar-refractivity contribution is 5.67. The van der Waals surface area contributed by atoms with Crippen LogP contribution in [0.2, 0.25) is 0 Å². The number of carbonyl (C=O) groups is 1. The van der Waals surface area contributed by atoms with Crippen LogP contribution in [0.4, 0.5) is 0 Å². The lowest BCUT2D eigenvalue weighted by Crippen LogP contribution is -2.45. The van der Waals surface area contributed by atoms with Crippen molar-refractivity contribution >= 4 is 5.97 Å². The summed E-state index contributed by atoms with van der Waals surface area (Å²) < 4.78 is 5.39. The zero-order valence-corrected chi connectivity index (χ0v) is 10.5. The van der Waals surface area contributed by atoms with E-state index in [1.54, 1.807) is 0 Å². The maximum Gasteiger partial charge on any atom is 0.304 e. The molecular weight excluding hydrogens is 206 g/mol. The molecule has 1 rings (SSSR count). The van der Waals surface area contributed by atoms with E-state index in [4.69, 9.17) is 9.84 Å². The normalized spacial score (nSPS) is 24.6. The van der Waals surface area contributed by atoms with Crippen LogP contribution in [-0.2, 0) is 9.53 Å². The fourth-order valence-electron chi connectivity index (χ4n) is 2.58. The third kappa shape index (κ3) is 3.46. The van der Waals surface area contributed by atoms with Crippen molar-refractivity contribution in [2.45, 2.75) is 45.7 Å². The van der Waals surface area contributed by atoms with Crippen molar-refractivity contribution < 1.29 is 14.6 Å². The van der Waals surface area contributed by atoms with Crippen LogP contribution in [0.3, 0.4) is 0 Å². The Hall–Kier alpha value is -0.610. The van der Waals surface area contributed by atoms with Gasteiger partial charge in [-0.1, -0.05) is 6.92 Å². The minimum Gasteiger partial charge on any atom is -0.481 e. The highest BCUT2D eigenvalue weighted by Gasteiger charge is 2.29. The lowest BCUT2D eigenvalue weighted by Gasteiger charge is -2.35. The Morgan fingerprint density at radius 1 is 1.56 bits per heavy atom. The van der Waals surface area contributed by atoms with E-state index >= 15 is 0 Å². The number of carboxylic acids is 1. The van der Waals surface area contributed by atoms with E-state index in [9.17, 15) is 4.79 Å². The van der Waals surface area contributed by atoms with Gasteiger partial charge in [0.1, 0.15) is 0 Å². The fourth-order valence-corrected chi connectivity index (χ4v) is 2.58. The van der Waals surface area contributed by atoms with Crippen molar-refractivity contribution in [1.29, 1.82) is 0 Å². The molecule has 0 aromatic rings. The van der Waals surface area contributed by atoms with Gasteiger partial charge in [-0.2, -0.15) is 0 Å². The molecule has 3 atom stereocenters. The summed E-state index contributed by atoms with van der Waals surface area (Å²) in [6.07, 6.45) is 1.31. The summed E-state index contributed by atoms with van der Waals surface area (Å²) in [5, 5.41) is 8.82. The van der Waals surface area contributed by atoms with Gasteiger partial charge in [0.2, 0.25) is 0 Å². The van der Waals surface area contributed by atoms with Gasteiger partial charge in [0.05, 0.1) is 13.0 Å². The second kappa shape index (κ2) is 6.21. The number of carboxylic acid groups (broad SMARTS) is 1. The molecule has 4 nitrogen and oxygen atoms in total. The number of ether oxygens (including phenoxy) is 1. The highest BCUT2D eigenvalue weighted by atomic mass is 16.5. The van der Waals surface area contributed by atoms with Crippen LogP contribution >= 0.6 is 0 Å². The SMILES string of the molecule is CCN(C(C)CC(=O)O)C(C)C1CCOC1. The molecule has 1 heterocycles. The average Bonchev–Trinajstić information content (AvgIpc) is 2.69. The van der Waals surface area contributed by atoms with E-state index in [2.05, 4.69) is 18.7 Å². The lowest BCUT2D eigenvalue weighted by molar-refractivity contribution is -0.138. The van der Waals surface area contributed by atoms with Gasteiger partial charge < -0.3 is 9.84 Å². The van der Waals surface area contributed by atoms with E-state index in [1.807, 2.05) is 6.92 Å². The molecule has 3 unspecified atom stereocenters. The molecule has 94 valence electrons. The minimum absolute atomic E-state index is 0.0955. The Kier molecular flexibility index (Phi) is 5.22. The Balaban J connectivity index is 2.53. The molecule has 1 aliphatic heterocycles. The molecule has 16 heavy (non-hydrogen) atoms. The maximum absolute atomic E-state index is 10.7. The van der Waals surface area contributed by atoms with Crippen LogP contribution in [0.1, 0.15) is 33.6 Å². The van der Waals surface area contributed by atoms with Crippen LogP contribution in [0.25, 0.3) is 0 Å². The maximum atomic E-state index is 10.7. The van der Waals surface area contributed by atoms with Gasteiger partial charge in [0, 0.05) is 18.7 Å². The zero-order chi connectivity index (χ0) is 12.1.